The van der Waals surface area contributed by atoms with E-state index in [1.165, 1.54) is 0 Å². The fourth-order valence-corrected chi connectivity index (χ4v) is 1.39. The van der Waals surface area contributed by atoms with E-state index in [-0.39, 0.29) is 0 Å². The van der Waals surface area contributed by atoms with Gasteiger partial charge in [0.1, 0.15) is 11.8 Å². The van der Waals surface area contributed by atoms with E-state index < -0.39 is 10.8 Å². The van der Waals surface area contributed by atoms with Crippen LogP contribution in [0.15, 0.2) is 16.5 Å². The second-order valence-electron chi connectivity index (χ2n) is 2.83. The van der Waals surface area contributed by atoms with Crippen LogP contribution in [0.4, 0.5) is 0 Å². The molecule has 1 aromatic heterocycles. The first-order chi connectivity index (χ1) is 6.72. The lowest BCUT2D eigenvalue weighted by Gasteiger charge is -1.99. The third-order valence-electron chi connectivity index (χ3n) is 1.64. The van der Waals surface area contributed by atoms with Gasteiger partial charge < -0.3 is 9.73 Å². The van der Waals surface area contributed by atoms with Crippen LogP contribution in [0, 0.1) is 11.3 Å². The van der Waals surface area contributed by atoms with E-state index in [2.05, 4.69) is 5.32 Å². The van der Waals surface area contributed by atoms with Gasteiger partial charge in [0.2, 0.25) is 5.76 Å². The van der Waals surface area contributed by atoms with Gasteiger partial charge in [-0.3, -0.25) is 4.21 Å². The average molecular weight is 212 g/mol. The fourth-order valence-electron chi connectivity index (χ4n) is 0.960. The first kappa shape index (κ1) is 11.0. The summed E-state index contributed by atoms with van der Waals surface area (Å²) in [7, 11) is -0.765. The lowest BCUT2D eigenvalue weighted by molar-refractivity contribution is 0.478. The Morgan fingerprint density at radius 2 is 2.43 bits per heavy atom. The lowest BCUT2D eigenvalue weighted by atomic mass is 10.4. The highest BCUT2D eigenvalue weighted by Gasteiger charge is 1.99. The molecule has 0 aliphatic heterocycles. The van der Waals surface area contributed by atoms with Crippen molar-refractivity contribution in [3.8, 4) is 6.07 Å². The third kappa shape index (κ3) is 3.73. The van der Waals surface area contributed by atoms with Crippen molar-refractivity contribution in [2.45, 2.75) is 6.54 Å². The lowest BCUT2D eigenvalue weighted by Crippen LogP contribution is -2.19. The summed E-state index contributed by atoms with van der Waals surface area (Å²) in [5.41, 5.74) is 0. The summed E-state index contributed by atoms with van der Waals surface area (Å²) in [6.07, 6.45) is 1.67. The van der Waals surface area contributed by atoms with E-state index in [0.717, 1.165) is 5.76 Å². The van der Waals surface area contributed by atoms with Crippen LogP contribution in [0.25, 0.3) is 0 Å². The largest absolute Gasteiger partial charge is 0.449 e. The molecule has 1 heterocycles. The third-order valence-corrected chi connectivity index (χ3v) is 2.42. The molecule has 1 rings (SSSR count). The van der Waals surface area contributed by atoms with Gasteiger partial charge in [0.05, 0.1) is 6.54 Å². The summed E-state index contributed by atoms with van der Waals surface area (Å²) >= 11 is 0. The maximum atomic E-state index is 10.7. The van der Waals surface area contributed by atoms with Crippen molar-refractivity contribution in [3.63, 3.8) is 0 Å². The topological polar surface area (TPSA) is 66.0 Å². The Labute approximate surface area is 85.4 Å². The molecule has 76 valence electrons. The van der Waals surface area contributed by atoms with Crippen molar-refractivity contribution in [2.75, 3.05) is 18.6 Å². The Kier molecular flexibility index (Phi) is 4.36. The van der Waals surface area contributed by atoms with E-state index in [1.54, 1.807) is 18.4 Å². The second-order valence-corrected chi connectivity index (χ2v) is 4.39. The predicted molar refractivity (Wildman–Crippen MR) is 54.1 cm³/mol. The van der Waals surface area contributed by atoms with Gasteiger partial charge in [-0.05, 0) is 12.1 Å². The van der Waals surface area contributed by atoms with Gasteiger partial charge in [-0.1, -0.05) is 0 Å². The maximum Gasteiger partial charge on any atom is 0.203 e. The quantitative estimate of drug-likeness (QED) is 0.727. The van der Waals surface area contributed by atoms with Gasteiger partial charge in [-0.25, -0.2) is 0 Å². The first-order valence-corrected chi connectivity index (χ1v) is 5.94. The molecular formula is C9H12N2O2S. The number of rotatable bonds is 5. The van der Waals surface area contributed by atoms with Gasteiger partial charge in [0.15, 0.2) is 0 Å². The molecule has 0 bridgehead atoms. The molecule has 0 saturated carbocycles. The van der Waals surface area contributed by atoms with E-state index in [4.69, 9.17) is 9.68 Å². The van der Waals surface area contributed by atoms with Crippen molar-refractivity contribution in [1.29, 1.82) is 5.26 Å². The Bertz CT molecular complexity index is 354. The summed E-state index contributed by atoms with van der Waals surface area (Å²) in [5.74, 6) is 1.68. The number of furan rings is 1. The van der Waals surface area contributed by atoms with Crippen molar-refractivity contribution in [1.82, 2.24) is 5.32 Å². The molecule has 1 aromatic rings. The van der Waals surface area contributed by atoms with Gasteiger partial charge in [0.25, 0.3) is 0 Å². The normalized spacial score (nSPS) is 12.3. The van der Waals surface area contributed by atoms with E-state index in [0.29, 0.717) is 24.6 Å². The number of nitrogens with one attached hydrogen (secondary N) is 1. The minimum absolute atomic E-state index is 0.320. The average Bonchev–Trinajstić information content (AvgIpc) is 2.60. The molecule has 4 nitrogen and oxygen atoms in total. The summed E-state index contributed by atoms with van der Waals surface area (Å²) in [6.45, 7) is 1.25. The monoisotopic (exact) mass is 212 g/mol. The predicted octanol–water partition coefficient (Wildman–Crippen LogP) is 0.619. The zero-order valence-corrected chi connectivity index (χ0v) is 8.76. The van der Waals surface area contributed by atoms with Crippen LogP contribution in [0.2, 0.25) is 0 Å². The molecule has 0 fully saturated rings. The number of hydrogen-bond acceptors (Lipinski definition) is 4. The molecule has 0 saturated heterocycles. The Morgan fingerprint density at radius 1 is 1.64 bits per heavy atom. The smallest absolute Gasteiger partial charge is 0.203 e. The van der Waals surface area contributed by atoms with Crippen molar-refractivity contribution < 1.29 is 8.63 Å². The summed E-state index contributed by atoms with van der Waals surface area (Å²) in [6, 6.07) is 5.31. The first-order valence-electron chi connectivity index (χ1n) is 4.22. The van der Waals surface area contributed by atoms with Crippen LogP contribution < -0.4 is 5.32 Å². The highest BCUT2D eigenvalue weighted by atomic mass is 32.2. The summed E-state index contributed by atoms with van der Waals surface area (Å²) in [5, 5.41) is 11.6. The van der Waals surface area contributed by atoms with Crippen LogP contribution in [-0.2, 0) is 17.3 Å². The van der Waals surface area contributed by atoms with Crippen LogP contribution >= 0.6 is 0 Å². The number of nitrogens with zero attached hydrogens (tertiary/aromatic N) is 1. The SMILES string of the molecule is CS(=O)CCNCc1ccc(C#N)o1. The zero-order chi connectivity index (χ0) is 10.4. The highest BCUT2D eigenvalue weighted by Crippen LogP contribution is 2.05. The van der Waals surface area contributed by atoms with Crippen LogP contribution in [0.1, 0.15) is 11.5 Å². The van der Waals surface area contributed by atoms with Crippen LogP contribution in [-0.4, -0.2) is 22.8 Å². The highest BCUT2D eigenvalue weighted by molar-refractivity contribution is 7.84. The van der Waals surface area contributed by atoms with Gasteiger partial charge in [-0.2, -0.15) is 5.26 Å². The molecule has 0 amide bonds. The molecule has 0 aromatic carbocycles. The van der Waals surface area contributed by atoms with Gasteiger partial charge in [0, 0.05) is 29.4 Å². The van der Waals surface area contributed by atoms with E-state index >= 15 is 0 Å². The molecular weight excluding hydrogens is 200 g/mol. The molecule has 0 aliphatic rings. The van der Waals surface area contributed by atoms with E-state index in [1.807, 2.05) is 6.07 Å². The maximum absolute atomic E-state index is 10.7. The second kappa shape index (κ2) is 5.58. The van der Waals surface area contributed by atoms with Gasteiger partial charge in [-0.15, -0.1) is 0 Å². The Balaban J connectivity index is 2.25. The molecule has 1 N–H and O–H groups in total. The molecule has 1 atom stereocenters. The Morgan fingerprint density at radius 3 is 3.00 bits per heavy atom. The summed E-state index contributed by atoms with van der Waals surface area (Å²) in [4.78, 5) is 0. The van der Waals surface area contributed by atoms with Gasteiger partial charge >= 0.3 is 0 Å². The molecule has 14 heavy (non-hydrogen) atoms. The van der Waals surface area contributed by atoms with Crippen LogP contribution in [0.3, 0.4) is 0 Å². The zero-order valence-electron chi connectivity index (χ0n) is 7.95. The minimum Gasteiger partial charge on any atom is -0.449 e. The van der Waals surface area contributed by atoms with E-state index in [9.17, 15) is 4.21 Å². The fraction of sp³-hybridized carbons (Fsp3) is 0.444. The molecule has 0 spiro atoms. The molecule has 1 unspecified atom stereocenters. The number of hydrogen-bond donors (Lipinski definition) is 1. The van der Waals surface area contributed by atoms with Crippen LogP contribution in [0.5, 0.6) is 0 Å². The van der Waals surface area contributed by atoms with Crippen molar-refractivity contribution in [3.05, 3.63) is 23.7 Å². The van der Waals surface area contributed by atoms with Crippen molar-refractivity contribution >= 4 is 10.8 Å². The van der Waals surface area contributed by atoms with Crippen molar-refractivity contribution in [2.24, 2.45) is 0 Å². The molecule has 0 radical (unpaired) electrons. The molecule has 5 heteroatoms. The Hall–Kier alpha value is -1.12. The molecule has 0 aliphatic carbocycles. The standard InChI is InChI=1S/C9H12N2O2S/c1-14(12)5-4-11-7-9-3-2-8(6-10)13-9/h2-3,11H,4-5,7H2,1H3. The minimum atomic E-state index is -0.765. The number of nitriles is 1. The summed E-state index contributed by atoms with van der Waals surface area (Å²) < 4.78 is 15.9.